The van der Waals surface area contributed by atoms with Crippen molar-refractivity contribution in [3.63, 3.8) is 0 Å². The molecule has 2 rings (SSSR count). The van der Waals surface area contributed by atoms with Gasteiger partial charge in [0.05, 0.1) is 6.04 Å². The van der Waals surface area contributed by atoms with E-state index >= 15 is 0 Å². The molecule has 4 heteroatoms. The lowest BCUT2D eigenvalue weighted by molar-refractivity contribution is -0.121. The summed E-state index contributed by atoms with van der Waals surface area (Å²) in [4.78, 5) is 11.8. The van der Waals surface area contributed by atoms with Crippen molar-refractivity contribution in [3.8, 4) is 0 Å². The minimum Gasteiger partial charge on any atom is -0.464 e. The summed E-state index contributed by atoms with van der Waals surface area (Å²) in [6.45, 7) is 3.83. The van der Waals surface area contributed by atoms with Crippen LogP contribution >= 0.6 is 11.3 Å². The van der Waals surface area contributed by atoms with E-state index in [1.54, 1.807) is 11.3 Å². The summed E-state index contributed by atoms with van der Waals surface area (Å²) in [6, 6.07) is 5.79. The summed E-state index contributed by atoms with van der Waals surface area (Å²) >= 11 is 1.66. The molecule has 2 heterocycles. The van der Waals surface area contributed by atoms with Crippen LogP contribution in [0.1, 0.15) is 36.5 Å². The Kier molecular flexibility index (Phi) is 4.20. The highest BCUT2D eigenvalue weighted by Crippen LogP contribution is 2.16. The average Bonchev–Trinajstić information content (AvgIpc) is 2.97. The van der Waals surface area contributed by atoms with Gasteiger partial charge in [0.1, 0.15) is 11.5 Å². The van der Waals surface area contributed by atoms with Gasteiger partial charge in [-0.15, -0.1) is 0 Å². The first-order valence-electron chi connectivity index (χ1n) is 6.02. The van der Waals surface area contributed by atoms with E-state index in [0.29, 0.717) is 6.42 Å². The van der Waals surface area contributed by atoms with Gasteiger partial charge in [0.15, 0.2) is 0 Å². The van der Waals surface area contributed by atoms with Crippen LogP contribution in [0, 0.1) is 6.92 Å². The van der Waals surface area contributed by atoms with Crippen LogP contribution in [-0.2, 0) is 11.2 Å². The van der Waals surface area contributed by atoms with Gasteiger partial charge < -0.3 is 9.73 Å². The molecule has 0 spiro atoms. The second kappa shape index (κ2) is 5.87. The quantitative estimate of drug-likeness (QED) is 0.897. The number of nitrogens with one attached hydrogen (secondary N) is 1. The molecule has 0 radical (unpaired) electrons. The Hall–Kier alpha value is -1.55. The van der Waals surface area contributed by atoms with Gasteiger partial charge in [0.2, 0.25) is 5.91 Å². The summed E-state index contributed by atoms with van der Waals surface area (Å²) in [5.74, 6) is 1.73. The molecule has 2 aromatic heterocycles. The number of aryl methyl sites for hydroxylation is 2. The van der Waals surface area contributed by atoms with Gasteiger partial charge >= 0.3 is 0 Å². The van der Waals surface area contributed by atoms with E-state index in [4.69, 9.17) is 4.42 Å². The van der Waals surface area contributed by atoms with E-state index in [1.807, 2.05) is 31.4 Å². The number of hydrogen-bond acceptors (Lipinski definition) is 3. The molecule has 0 saturated carbocycles. The van der Waals surface area contributed by atoms with Crippen LogP contribution in [-0.4, -0.2) is 5.91 Å². The third-order valence-corrected chi connectivity index (χ3v) is 3.52. The molecule has 2 aromatic rings. The Labute approximate surface area is 111 Å². The third kappa shape index (κ3) is 3.47. The smallest absolute Gasteiger partial charge is 0.220 e. The van der Waals surface area contributed by atoms with E-state index in [1.165, 1.54) is 5.56 Å². The Morgan fingerprint density at radius 1 is 1.44 bits per heavy atom. The van der Waals surface area contributed by atoms with Gasteiger partial charge in [-0.1, -0.05) is 0 Å². The van der Waals surface area contributed by atoms with E-state index in [9.17, 15) is 4.79 Å². The van der Waals surface area contributed by atoms with E-state index in [0.717, 1.165) is 17.9 Å². The zero-order valence-electron chi connectivity index (χ0n) is 10.6. The van der Waals surface area contributed by atoms with Gasteiger partial charge in [0.25, 0.3) is 0 Å². The normalized spacial score (nSPS) is 12.3. The molecule has 1 unspecified atom stereocenters. The Bertz CT molecular complexity index is 502. The van der Waals surface area contributed by atoms with Crippen LogP contribution in [0.2, 0.25) is 0 Å². The number of thiophene rings is 1. The summed E-state index contributed by atoms with van der Waals surface area (Å²) in [6.07, 6.45) is 1.31. The SMILES string of the molecule is Cc1ccc(C(C)NC(=O)CCc2ccsc2)o1. The number of amides is 1. The highest BCUT2D eigenvalue weighted by molar-refractivity contribution is 7.07. The van der Waals surface area contributed by atoms with E-state index in [2.05, 4.69) is 16.8 Å². The third-order valence-electron chi connectivity index (χ3n) is 2.79. The number of carbonyl (C=O) groups excluding carboxylic acids is 1. The topological polar surface area (TPSA) is 42.2 Å². The molecule has 0 saturated heterocycles. The summed E-state index contributed by atoms with van der Waals surface area (Å²) in [5.41, 5.74) is 1.22. The van der Waals surface area contributed by atoms with Crippen molar-refractivity contribution in [1.29, 1.82) is 0 Å². The fourth-order valence-electron chi connectivity index (χ4n) is 1.76. The lowest BCUT2D eigenvalue weighted by Gasteiger charge is -2.11. The van der Waals surface area contributed by atoms with Crippen molar-refractivity contribution in [1.82, 2.24) is 5.32 Å². The largest absolute Gasteiger partial charge is 0.464 e. The molecular formula is C14H17NO2S. The molecule has 96 valence electrons. The summed E-state index contributed by atoms with van der Waals surface area (Å²) in [7, 11) is 0. The van der Waals surface area contributed by atoms with Crippen molar-refractivity contribution in [3.05, 3.63) is 46.0 Å². The lowest BCUT2D eigenvalue weighted by Crippen LogP contribution is -2.26. The second-order valence-corrected chi connectivity index (χ2v) is 5.15. The van der Waals surface area contributed by atoms with Crippen molar-refractivity contribution >= 4 is 17.2 Å². The second-order valence-electron chi connectivity index (χ2n) is 4.37. The molecule has 0 aliphatic rings. The molecule has 1 atom stereocenters. The predicted molar refractivity (Wildman–Crippen MR) is 72.6 cm³/mol. The molecule has 0 aromatic carbocycles. The molecule has 0 aliphatic heterocycles. The fourth-order valence-corrected chi connectivity index (χ4v) is 2.47. The monoisotopic (exact) mass is 263 g/mol. The molecule has 0 fully saturated rings. The molecule has 18 heavy (non-hydrogen) atoms. The minimum absolute atomic E-state index is 0.0581. The Balaban J connectivity index is 1.80. The van der Waals surface area contributed by atoms with Crippen LogP contribution in [0.5, 0.6) is 0 Å². The predicted octanol–water partition coefficient (Wildman–Crippen LogP) is 3.46. The maximum atomic E-state index is 11.8. The number of hydrogen-bond donors (Lipinski definition) is 1. The van der Waals surface area contributed by atoms with Crippen molar-refractivity contribution < 1.29 is 9.21 Å². The average molecular weight is 263 g/mol. The van der Waals surface area contributed by atoms with Gasteiger partial charge in [-0.2, -0.15) is 11.3 Å². The first kappa shape index (κ1) is 12.9. The highest BCUT2D eigenvalue weighted by atomic mass is 32.1. The van der Waals surface area contributed by atoms with Crippen LogP contribution in [0.3, 0.4) is 0 Å². The zero-order valence-corrected chi connectivity index (χ0v) is 11.4. The first-order valence-corrected chi connectivity index (χ1v) is 6.96. The molecule has 1 N–H and O–H groups in total. The maximum Gasteiger partial charge on any atom is 0.220 e. The highest BCUT2D eigenvalue weighted by Gasteiger charge is 2.12. The van der Waals surface area contributed by atoms with E-state index in [-0.39, 0.29) is 11.9 Å². The van der Waals surface area contributed by atoms with Crippen molar-refractivity contribution in [2.45, 2.75) is 32.7 Å². The maximum absolute atomic E-state index is 11.8. The molecular weight excluding hydrogens is 246 g/mol. The molecule has 3 nitrogen and oxygen atoms in total. The Morgan fingerprint density at radius 2 is 2.28 bits per heavy atom. The molecule has 0 aliphatic carbocycles. The summed E-state index contributed by atoms with van der Waals surface area (Å²) < 4.78 is 5.48. The number of rotatable bonds is 5. The van der Waals surface area contributed by atoms with Crippen LogP contribution in [0.4, 0.5) is 0 Å². The van der Waals surface area contributed by atoms with Crippen molar-refractivity contribution in [2.24, 2.45) is 0 Å². The lowest BCUT2D eigenvalue weighted by atomic mass is 10.1. The van der Waals surface area contributed by atoms with Crippen molar-refractivity contribution in [2.75, 3.05) is 0 Å². The fraction of sp³-hybridized carbons (Fsp3) is 0.357. The van der Waals surface area contributed by atoms with Gasteiger partial charge in [-0.05, 0) is 54.8 Å². The summed E-state index contributed by atoms with van der Waals surface area (Å²) in [5, 5.41) is 7.05. The van der Waals surface area contributed by atoms with Crippen LogP contribution in [0.15, 0.2) is 33.4 Å². The Morgan fingerprint density at radius 3 is 2.89 bits per heavy atom. The zero-order chi connectivity index (χ0) is 13.0. The van der Waals surface area contributed by atoms with Crippen LogP contribution < -0.4 is 5.32 Å². The number of carbonyl (C=O) groups is 1. The first-order chi connectivity index (χ1) is 8.65. The number of furan rings is 1. The standard InChI is InChI=1S/C14H17NO2S/c1-10-3-5-13(17-10)11(2)15-14(16)6-4-12-7-8-18-9-12/h3,5,7-9,11H,4,6H2,1-2H3,(H,15,16). The molecule has 0 bridgehead atoms. The van der Waals surface area contributed by atoms with Crippen LogP contribution in [0.25, 0.3) is 0 Å². The molecule has 1 amide bonds. The van der Waals surface area contributed by atoms with Gasteiger partial charge in [-0.25, -0.2) is 0 Å². The minimum atomic E-state index is -0.0753. The van der Waals surface area contributed by atoms with E-state index < -0.39 is 0 Å². The van der Waals surface area contributed by atoms with Gasteiger partial charge in [0, 0.05) is 6.42 Å². The van der Waals surface area contributed by atoms with Gasteiger partial charge in [-0.3, -0.25) is 4.79 Å².